The summed E-state index contributed by atoms with van der Waals surface area (Å²) in [7, 11) is 0. The van der Waals surface area contributed by atoms with Gasteiger partial charge in [0.15, 0.2) is 0 Å². The van der Waals surface area contributed by atoms with E-state index in [0.717, 1.165) is 11.4 Å². The van der Waals surface area contributed by atoms with E-state index in [1.165, 1.54) is 0 Å². The van der Waals surface area contributed by atoms with Gasteiger partial charge in [-0.2, -0.15) is 36.4 Å². The molecule has 0 aromatic heterocycles. The third kappa shape index (κ3) is 20.7. The average Bonchev–Trinajstić information content (AvgIpc) is 2.58. The number of halogens is 1. The Morgan fingerprint density at radius 1 is 0.880 bits per heavy atom. The molecular weight excluding hydrogens is 790 g/mol. The van der Waals surface area contributed by atoms with E-state index in [9.17, 15) is 0 Å². The molecule has 4 N–H and O–H groups in total. The van der Waals surface area contributed by atoms with Crippen molar-refractivity contribution in [2.45, 2.75) is 12.2 Å². The molecule has 0 spiro atoms. The number of aliphatic hydroxyl groups excluding tert-OH is 3. The van der Waals surface area contributed by atoms with Crippen LogP contribution < -0.4 is 5.32 Å². The minimum absolute atomic E-state index is 0. The van der Waals surface area contributed by atoms with Crippen molar-refractivity contribution in [1.82, 2.24) is 0 Å². The summed E-state index contributed by atoms with van der Waals surface area (Å²) in [4.78, 5) is 0. The Bertz CT molecular complexity index is 443. The van der Waals surface area contributed by atoms with Crippen LogP contribution >= 0.6 is 11.6 Å². The largest absolute Gasteiger partial charge is 2.00 e. The van der Waals surface area contributed by atoms with E-state index in [1.54, 1.807) is 0 Å². The van der Waals surface area contributed by atoms with E-state index in [2.05, 4.69) is 31.3 Å². The molecule has 0 bridgehead atoms. The third-order valence-electron chi connectivity index (χ3n) is 2.11. The van der Waals surface area contributed by atoms with Crippen LogP contribution in [0.1, 0.15) is 0 Å². The fourth-order valence-electron chi connectivity index (χ4n) is 1.11. The molecule has 25 heavy (non-hydrogen) atoms. The van der Waals surface area contributed by atoms with Crippen molar-refractivity contribution in [3.63, 3.8) is 0 Å². The van der Waals surface area contributed by atoms with E-state index in [1.807, 2.05) is 48.5 Å². The molecule has 0 aliphatic heterocycles. The number of alkyl halides is 1. The Labute approximate surface area is 203 Å². The molecule has 4 nitrogen and oxygen atoms in total. The predicted octanol–water partition coefficient (Wildman–Crippen LogP) is 2.62. The minimum atomic E-state index is -0.810. The van der Waals surface area contributed by atoms with Crippen molar-refractivity contribution in [3.05, 3.63) is 74.5 Å². The van der Waals surface area contributed by atoms with Crippen molar-refractivity contribution in [1.29, 1.82) is 0 Å². The summed E-state index contributed by atoms with van der Waals surface area (Å²) >= 11 is 5.02. The standard InChI is InChI=1S/C12H9N.C3H6ClO.C3H7O2.2U/c1-3-7-11(8-4-1)13-12-9-5-2-6-10-12;2*1-3(5)2-4;;/h3-10,13H;3,5H,1-2H2;3-5H,1-2H2;;/q-2;2*-1;2*+2. The van der Waals surface area contributed by atoms with E-state index in [4.69, 9.17) is 26.9 Å². The molecule has 0 saturated carbocycles. The first kappa shape index (κ1) is 30.2. The summed E-state index contributed by atoms with van der Waals surface area (Å²) in [6.45, 7) is 5.99. The summed E-state index contributed by atoms with van der Waals surface area (Å²) in [6, 6.07) is 21.4. The third-order valence-corrected chi connectivity index (χ3v) is 2.47. The Hall–Kier alpha value is 0.514. The fourth-order valence-corrected chi connectivity index (χ4v) is 1.11. The number of benzene rings is 2. The Morgan fingerprint density at radius 3 is 1.36 bits per heavy atom. The van der Waals surface area contributed by atoms with Crippen molar-refractivity contribution < 1.29 is 77.5 Å². The van der Waals surface area contributed by atoms with Gasteiger partial charge in [-0.3, -0.25) is 0 Å². The Balaban J connectivity index is -0.000000345. The van der Waals surface area contributed by atoms with Crippen LogP contribution in [0.15, 0.2) is 48.5 Å². The van der Waals surface area contributed by atoms with Crippen LogP contribution in [0.25, 0.3) is 0 Å². The first-order valence-corrected chi connectivity index (χ1v) is 7.41. The van der Waals surface area contributed by atoms with Gasteiger partial charge in [0.25, 0.3) is 0 Å². The SMILES string of the molecule is [CH2-]C(O)CCl.[CH2-]C(O)CO.[U+2].[U+2].[c-]1ccc(Nc2cc[c-]cc2)cc1. The van der Waals surface area contributed by atoms with Crippen LogP contribution in [0.4, 0.5) is 11.4 Å². The zero-order valence-corrected chi connectivity index (χ0v) is 22.9. The van der Waals surface area contributed by atoms with Crippen molar-refractivity contribution >= 4 is 23.0 Å². The zero-order chi connectivity index (χ0) is 17.5. The quantitative estimate of drug-likeness (QED) is 0.284. The van der Waals surface area contributed by atoms with E-state index in [-0.39, 0.29) is 74.7 Å². The molecule has 0 radical (unpaired) electrons. The molecule has 2 rings (SSSR count). The second kappa shape index (κ2) is 20.8. The molecule has 0 aliphatic carbocycles. The molecule has 2 aromatic carbocycles. The maximum absolute atomic E-state index is 8.12. The first-order valence-electron chi connectivity index (χ1n) is 6.88. The number of aliphatic hydroxyl groups is 3. The van der Waals surface area contributed by atoms with Gasteiger partial charge in [-0.1, -0.05) is 17.5 Å². The monoisotopic (exact) mass is 811 g/mol. The van der Waals surface area contributed by atoms with Gasteiger partial charge in [-0.15, -0.1) is 35.9 Å². The minimum Gasteiger partial charge on any atom is -0.424 e. The summed E-state index contributed by atoms with van der Waals surface area (Å²) in [5.74, 6) is 0.222. The number of hydrogen-bond donors (Lipinski definition) is 4. The predicted molar refractivity (Wildman–Crippen MR) is 94.4 cm³/mol. The first-order chi connectivity index (χ1) is 11.0. The van der Waals surface area contributed by atoms with Crippen molar-refractivity contribution in [3.8, 4) is 0 Å². The molecule has 2 atom stereocenters. The Morgan fingerprint density at radius 2 is 1.16 bits per heavy atom. The molecular formula is C18H22ClNO3U2. The van der Waals surface area contributed by atoms with E-state index in [0.29, 0.717) is 0 Å². The van der Waals surface area contributed by atoms with E-state index >= 15 is 0 Å². The van der Waals surface area contributed by atoms with Gasteiger partial charge in [0.05, 0.1) is 0 Å². The molecule has 7 heteroatoms. The van der Waals surface area contributed by atoms with Gasteiger partial charge >= 0.3 is 62.2 Å². The van der Waals surface area contributed by atoms with Crippen LogP contribution in [0.2, 0.25) is 0 Å². The molecule has 0 amide bonds. The Kier molecular flexibility index (Phi) is 25.2. The van der Waals surface area contributed by atoms with Crippen molar-refractivity contribution in [2.75, 3.05) is 17.8 Å². The normalized spacial score (nSPS) is 11.0. The topological polar surface area (TPSA) is 72.7 Å². The number of nitrogens with one attached hydrogen (secondary N) is 1. The molecule has 0 heterocycles. The van der Waals surface area contributed by atoms with Gasteiger partial charge < -0.3 is 34.5 Å². The smallest absolute Gasteiger partial charge is 0.424 e. The average molecular weight is 812 g/mol. The van der Waals surface area contributed by atoms with E-state index < -0.39 is 12.2 Å². The van der Waals surface area contributed by atoms with Gasteiger partial charge in [-0.05, 0) is 6.10 Å². The van der Waals surface area contributed by atoms with Gasteiger partial charge in [0.1, 0.15) is 0 Å². The van der Waals surface area contributed by atoms with Crippen LogP contribution in [0, 0.1) is 88.2 Å². The zero-order valence-electron chi connectivity index (χ0n) is 13.8. The fraction of sp³-hybridized carbons (Fsp3) is 0.222. The van der Waals surface area contributed by atoms with Crippen LogP contribution in [0.3, 0.4) is 0 Å². The van der Waals surface area contributed by atoms with Crippen LogP contribution in [-0.2, 0) is 0 Å². The van der Waals surface area contributed by atoms with Gasteiger partial charge in [0, 0.05) is 12.5 Å². The van der Waals surface area contributed by atoms with Crippen LogP contribution in [-0.4, -0.2) is 40.0 Å². The molecule has 0 saturated heterocycles. The summed E-state index contributed by atoms with van der Waals surface area (Å²) < 4.78 is 0. The van der Waals surface area contributed by atoms with Gasteiger partial charge in [-0.25, -0.2) is 0 Å². The van der Waals surface area contributed by atoms with Gasteiger partial charge in [0.2, 0.25) is 0 Å². The van der Waals surface area contributed by atoms with Crippen LogP contribution in [0.5, 0.6) is 0 Å². The molecule has 132 valence electrons. The summed E-state index contributed by atoms with van der Waals surface area (Å²) in [6.07, 6.45) is -1.41. The second-order valence-electron chi connectivity index (χ2n) is 4.35. The number of rotatable bonds is 4. The molecule has 2 unspecified atom stereocenters. The number of hydrogen-bond acceptors (Lipinski definition) is 4. The summed E-state index contributed by atoms with van der Waals surface area (Å²) in [5, 5.41) is 27.2. The molecule has 0 aliphatic rings. The maximum atomic E-state index is 8.12. The maximum Gasteiger partial charge on any atom is 2.00 e. The van der Waals surface area contributed by atoms with Crippen molar-refractivity contribution in [2.24, 2.45) is 0 Å². The molecule has 2 aromatic rings. The summed E-state index contributed by atoms with van der Waals surface area (Å²) in [5.41, 5.74) is 2.15. The second-order valence-corrected chi connectivity index (χ2v) is 4.66. The molecule has 0 fully saturated rings. The number of anilines is 2.